The third-order valence-electron chi connectivity index (χ3n) is 3.59. The van der Waals surface area contributed by atoms with E-state index in [-0.39, 0.29) is 5.41 Å². The average Bonchev–Trinajstić information content (AvgIpc) is 2.16. The van der Waals surface area contributed by atoms with Crippen molar-refractivity contribution >= 4 is 5.78 Å². The van der Waals surface area contributed by atoms with Crippen molar-refractivity contribution in [2.45, 2.75) is 53.0 Å². The molecule has 88 valence electrons. The number of Topliss-reactive ketones (excluding diaryl/α,β-unsaturated/α-hetero) is 1. The highest BCUT2D eigenvalue weighted by Crippen LogP contribution is 2.30. The standard InChI is InChI=1S/C13H25NO/c1-6-11-9-10(7-8-14(11)5)12(15)13(2,3)4/h10-11H,6-9H2,1-5H3/t10?,11-/m0/s1. The first-order valence-corrected chi connectivity index (χ1v) is 6.10. The van der Waals surface area contributed by atoms with Gasteiger partial charge in [0.05, 0.1) is 0 Å². The lowest BCUT2D eigenvalue weighted by atomic mass is 9.77. The molecule has 2 heteroatoms. The van der Waals surface area contributed by atoms with Crippen LogP contribution in [0.2, 0.25) is 0 Å². The Bertz CT molecular complexity index is 229. The lowest BCUT2D eigenvalue weighted by molar-refractivity contribution is -0.132. The van der Waals surface area contributed by atoms with E-state index in [4.69, 9.17) is 0 Å². The van der Waals surface area contributed by atoms with Gasteiger partial charge < -0.3 is 4.90 Å². The molecule has 1 fully saturated rings. The maximum atomic E-state index is 12.2. The summed E-state index contributed by atoms with van der Waals surface area (Å²) in [6.45, 7) is 9.40. The van der Waals surface area contributed by atoms with Crippen LogP contribution in [-0.2, 0) is 4.79 Å². The number of nitrogens with zero attached hydrogens (tertiary/aromatic N) is 1. The summed E-state index contributed by atoms with van der Waals surface area (Å²) in [5.74, 6) is 0.750. The van der Waals surface area contributed by atoms with Crippen LogP contribution in [0.4, 0.5) is 0 Å². The molecule has 1 aliphatic heterocycles. The predicted molar refractivity (Wildman–Crippen MR) is 63.9 cm³/mol. The number of ketones is 1. The predicted octanol–water partition coefficient (Wildman–Crippen LogP) is 2.72. The van der Waals surface area contributed by atoms with Crippen molar-refractivity contribution < 1.29 is 4.79 Å². The second kappa shape index (κ2) is 4.65. The Labute approximate surface area is 94.0 Å². The van der Waals surface area contributed by atoms with Gasteiger partial charge in [0.1, 0.15) is 5.78 Å². The first-order chi connectivity index (χ1) is 6.86. The fourth-order valence-corrected chi connectivity index (χ4v) is 2.50. The molecule has 0 N–H and O–H groups in total. The Hall–Kier alpha value is -0.370. The minimum Gasteiger partial charge on any atom is -0.303 e. The van der Waals surface area contributed by atoms with Crippen molar-refractivity contribution in [3.8, 4) is 0 Å². The monoisotopic (exact) mass is 211 g/mol. The molecule has 0 aliphatic carbocycles. The topological polar surface area (TPSA) is 20.3 Å². The van der Waals surface area contributed by atoms with Crippen LogP contribution in [0.1, 0.15) is 47.0 Å². The summed E-state index contributed by atoms with van der Waals surface area (Å²) in [7, 11) is 2.17. The van der Waals surface area contributed by atoms with Crippen LogP contribution >= 0.6 is 0 Å². The van der Waals surface area contributed by atoms with Crippen LogP contribution in [0.25, 0.3) is 0 Å². The molecule has 1 rings (SSSR count). The summed E-state index contributed by atoms with van der Waals surface area (Å²) in [5.41, 5.74) is -0.168. The molecule has 0 aromatic heterocycles. The first-order valence-electron chi connectivity index (χ1n) is 6.10. The molecule has 0 aromatic rings. The van der Waals surface area contributed by atoms with Gasteiger partial charge in [-0.05, 0) is 32.9 Å². The van der Waals surface area contributed by atoms with Gasteiger partial charge in [0.2, 0.25) is 0 Å². The number of carbonyl (C=O) groups excluding carboxylic acids is 1. The fourth-order valence-electron chi connectivity index (χ4n) is 2.50. The third-order valence-corrected chi connectivity index (χ3v) is 3.59. The molecule has 15 heavy (non-hydrogen) atoms. The Balaban J connectivity index is 2.62. The normalized spacial score (nSPS) is 29.1. The summed E-state index contributed by atoms with van der Waals surface area (Å²) in [6.07, 6.45) is 3.26. The number of rotatable bonds is 2. The smallest absolute Gasteiger partial charge is 0.141 e. The molecule has 0 aromatic carbocycles. The number of piperidine rings is 1. The largest absolute Gasteiger partial charge is 0.303 e. The molecule has 2 atom stereocenters. The molecule has 0 saturated carbocycles. The van der Waals surface area contributed by atoms with Gasteiger partial charge in [-0.25, -0.2) is 0 Å². The number of likely N-dealkylation sites (tertiary alicyclic amines) is 1. The van der Waals surface area contributed by atoms with E-state index in [0.29, 0.717) is 17.7 Å². The van der Waals surface area contributed by atoms with Crippen molar-refractivity contribution in [2.24, 2.45) is 11.3 Å². The van der Waals surface area contributed by atoms with Gasteiger partial charge in [0, 0.05) is 17.4 Å². The molecule has 0 spiro atoms. The fraction of sp³-hybridized carbons (Fsp3) is 0.923. The van der Waals surface area contributed by atoms with E-state index >= 15 is 0 Å². The maximum absolute atomic E-state index is 12.2. The van der Waals surface area contributed by atoms with Gasteiger partial charge >= 0.3 is 0 Å². The van der Waals surface area contributed by atoms with Gasteiger partial charge in [0.15, 0.2) is 0 Å². The summed E-state index contributed by atoms with van der Waals surface area (Å²) in [4.78, 5) is 14.6. The number of carbonyl (C=O) groups is 1. The average molecular weight is 211 g/mol. The quantitative estimate of drug-likeness (QED) is 0.700. The third kappa shape index (κ3) is 3.04. The summed E-state index contributed by atoms with van der Waals surface area (Å²) < 4.78 is 0. The van der Waals surface area contributed by atoms with Gasteiger partial charge in [-0.1, -0.05) is 27.7 Å². The summed E-state index contributed by atoms with van der Waals surface area (Å²) >= 11 is 0. The molecule has 1 heterocycles. The van der Waals surface area contributed by atoms with Gasteiger partial charge in [-0.2, -0.15) is 0 Å². The molecular formula is C13H25NO. The minimum absolute atomic E-state index is 0.168. The van der Waals surface area contributed by atoms with Crippen molar-refractivity contribution in [2.75, 3.05) is 13.6 Å². The lowest BCUT2D eigenvalue weighted by Crippen LogP contribution is -2.43. The zero-order valence-corrected chi connectivity index (χ0v) is 10.8. The molecule has 1 unspecified atom stereocenters. The number of hydrogen-bond donors (Lipinski definition) is 0. The van der Waals surface area contributed by atoms with Crippen molar-refractivity contribution in [1.29, 1.82) is 0 Å². The summed E-state index contributed by atoms with van der Waals surface area (Å²) in [6, 6.07) is 0.607. The second-order valence-corrected chi connectivity index (χ2v) is 5.88. The van der Waals surface area contributed by atoms with E-state index in [1.807, 2.05) is 20.8 Å². The van der Waals surface area contributed by atoms with E-state index in [1.165, 1.54) is 0 Å². The first kappa shape index (κ1) is 12.7. The molecule has 0 radical (unpaired) electrons. The van der Waals surface area contributed by atoms with Crippen molar-refractivity contribution in [3.05, 3.63) is 0 Å². The highest BCUT2D eigenvalue weighted by atomic mass is 16.1. The highest BCUT2D eigenvalue weighted by Gasteiger charge is 2.34. The second-order valence-electron chi connectivity index (χ2n) is 5.88. The molecule has 0 amide bonds. The molecule has 1 aliphatic rings. The van der Waals surface area contributed by atoms with Crippen molar-refractivity contribution in [1.82, 2.24) is 4.90 Å². The van der Waals surface area contributed by atoms with Crippen LogP contribution in [0, 0.1) is 11.3 Å². The lowest BCUT2D eigenvalue weighted by Gasteiger charge is -2.38. The van der Waals surface area contributed by atoms with Crippen molar-refractivity contribution in [3.63, 3.8) is 0 Å². The van der Waals surface area contributed by atoms with Gasteiger partial charge in [-0.15, -0.1) is 0 Å². The van der Waals surface area contributed by atoms with Gasteiger partial charge in [-0.3, -0.25) is 4.79 Å². The molecule has 0 bridgehead atoms. The highest BCUT2D eigenvalue weighted by molar-refractivity contribution is 5.86. The van der Waals surface area contributed by atoms with Crippen LogP contribution < -0.4 is 0 Å². The minimum atomic E-state index is -0.168. The Morgan fingerprint density at radius 2 is 2.00 bits per heavy atom. The molecule has 2 nitrogen and oxygen atoms in total. The van der Waals surface area contributed by atoms with E-state index in [9.17, 15) is 4.79 Å². The van der Waals surface area contributed by atoms with Crippen LogP contribution in [0.5, 0.6) is 0 Å². The van der Waals surface area contributed by atoms with E-state index in [2.05, 4.69) is 18.9 Å². The Morgan fingerprint density at radius 1 is 1.40 bits per heavy atom. The Kier molecular flexibility index (Phi) is 3.93. The SMILES string of the molecule is CC[C@H]1CC(C(=O)C(C)(C)C)CCN1C. The van der Waals surface area contributed by atoms with E-state index in [0.717, 1.165) is 25.8 Å². The van der Waals surface area contributed by atoms with E-state index < -0.39 is 0 Å². The zero-order valence-electron chi connectivity index (χ0n) is 10.8. The van der Waals surface area contributed by atoms with Crippen LogP contribution in [-0.4, -0.2) is 30.3 Å². The maximum Gasteiger partial charge on any atom is 0.141 e. The molecular weight excluding hydrogens is 186 g/mol. The number of hydrogen-bond acceptors (Lipinski definition) is 2. The Morgan fingerprint density at radius 3 is 2.47 bits per heavy atom. The molecule has 1 saturated heterocycles. The van der Waals surface area contributed by atoms with Crippen LogP contribution in [0.15, 0.2) is 0 Å². The van der Waals surface area contributed by atoms with E-state index in [1.54, 1.807) is 0 Å². The zero-order chi connectivity index (χ0) is 11.6. The van der Waals surface area contributed by atoms with Gasteiger partial charge in [0.25, 0.3) is 0 Å². The summed E-state index contributed by atoms with van der Waals surface area (Å²) in [5, 5.41) is 0. The van der Waals surface area contributed by atoms with Crippen LogP contribution in [0.3, 0.4) is 0 Å².